The molecule has 0 aromatic heterocycles. The number of unbranched alkanes of at least 4 members (excludes halogenated alkanes) is 6. The predicted molar refractivity (Wildman–Crippen MR) is 124 cm³/mol. The van der Waals surface area contributed by atoms with Gasteiger partial charge in [-0.05, 0) is 75.7 Å². The van der Waals surface area contributed by atoms with Gasteiger partial charge in [0.2, 0.25) is 0 Å². The van der Waals surface area contributed by atoms with Crippen LogP contribution in [0.2, 0.25) is 0 Å². The summed E-state index contributed by atoms with van der Waals surface area (Å²) in [6.45, 7) is 8.26. The van der Waals surface area contributed by atoms with E-state index >= 15 is 0 Å². The summed E-state index contributed by atoms with van der Waals surface area (Å²) in [5.74, 6) is 0.776. The standard InChI is InChI=1S/C26H46N2/c1-4-6-8-10-20-28(21-11-9-7-5-2)22-23-12-14-24(15-13-23)25-16-18-26(27-3)19-17-25/h12-15,25-27H,4-11,16-22H2,1-3H3. The first-order valence-electron chi connectivity index (χ1n) is 12.2. The van der Waals surface area contributed by atoms with Gasteiger partial charge in [-0.2, -0.15) is 0 Å². The minimum absolute atomic E-state index is 0.740. The molecule has 0 aliphatic heterocycles. The van der Waals surface area contributed by atoms with Gasteiger partial charge in [-0.25, -0.2) is 0 Å². The second-order valence-electron chi connectivity index (χ2n) is 8.98. The van der Waals surface area contributed by atoms with Crippen LogP contribution in [0.15, 0.2) is 24.3 Å². The van der Waals surface area contributed by atoms with Gasteiger partial charge in [0.1, 0.15) is 0 Å². The molecular weight excluding hydrogens is 340 g/mol. The van der Waals surface area contributed by atoms with Crippen LogP contribution < -0.4 is 5.32 Å². The molecule has 1 aliphatic rings. The van der Waals surface area contributed by atoms with Gasteiger partial charge in [0.25, 0.3) is 0 Å². The maximum Gasteiger partial charge on any atom is 0.0233 e. The molecule has 0 heterocycles. The van der Waals surface area contributed by atoms with Gasteiger partial charge in [-0.3, -0.25) is 4.90 Å². The van der Waals surface area contributed by atoms with E-state index in [0.29, 0.717) is 0 Å². The van der Waals surface area contributed by atoms with Crippen molar-refractivity contribution in [3.05, 3.63) is 35.4 Å². The highest BCUT2D eigenvalue weighted by Crippen LogP contribution is 2.32. The summed E-state index contributed by atoms with van der Waals surface area (Å²) < 4.78 is 0. The zero-order valence-corrected chi connectivity index (χ0v) is 19.0. The van der Waals surface area contributed by atoms with E-state index in [-0.39, 0.29) is 0 Å². The molecule has 2 nitrogen and oxygen atoms in total. The molecule has 1 saturated carbocycles. The Balaban J connectivity index is 1.83. The van der Waals surface area contributed by atoms with Gasteiger partial charge in [0.15, 0.2) is 0 Å². The molecule has 1 fully saturated rings. The van der Waals surface area contributed by atoms with E-state index in [1.165, 1.54) is 95.7 Å². The van der Waals surface area contributed by atoms with Crippen molar-refractivity contribution in [1.29, 1.82) is 0 Å². The topological polar surface area (TPSA) is 15.3 Å². The highest BCUT2D eigenvalue weighted by atomic mass is 15.1. The fourth-order valence-corrected chi connectivity index (χ4v) is 4.66. The summed E-state index contributed by atoms with van der Waals surface area (Å²) in [6.07, 6.45) is 16.2. The summed E-state index contributed by atoms with van der Waals surface area (Å²) in [4.78, 5) is 2.71. The summed E-state index contributed by atoms with van der Waals surface area (Å²) in [7, 11) is 2.11. The third-order valence-electron chi connectivity index (χ3n) is 6.65. The Bertz CT molecular complexity index is 476. The third-order valence-corrected chi connectivity index (χ3v) is 6.65. The first kappa shape index (κ1) is 23.4. The van der Waals surface area contributed by atoms with Crippen molar-refractivity contribution in [2.75, 3.05) is 20.1 Å². The molecule has 28 heavy (non-hydrogen) atoms. The quantitative estimate of drug-likeness (QED) is 0.350. The van der Waals surface area contributed by atoms with Crippen molar-refractivity contribution >= 4 is 0 Å². The van der Waals surface area contributed by atoms with Crippen molar-refractivity contribution < 1.29 is 0 Å². The molecule has 0 bridgehead atoms. The average molecular weight is 387 g/mol. The third kappa shape index (κ3) is 8.66. The van der Waals surface area contributed by atoms with E-state index in [4.69, 9.17) is 0 Å². The molecule has 2 rings (SSSR count). The van der Waals surface area contributed by atoms with E-state index in [1.54, 1.807) is 5.56 Å². The van der Waals surface area contributed by atoms with Gasteiger partial charge in [-0.15, -0.1) is 0 Å². The second-order valence-corrected chi connectivity index (χ2v) is 8.98. The van der Waals surface area contributed by atoms with Crippen molar-refractivity contribution in [3.8, 4) is 0 Å². The minimum atomic E-state index is 0.740. The van der Waals surface area contributed by atoms with E-state index < -0.39 is 0 Å². The van der Waals surface area contributed by atoms with Crippen LogP contribution in [-0.4, -0.2) is 31.1 Å². The summed E-state index contributed by atoms with van der Waals surface area (Å²) in [5, 5.41) is 3.45. The SMILES string of the molecule is CCCCCCN(CCCCCC)Cc1ccc(C2CCC(NC)CC2)cc1. The lowest BCUT2D eigenvalue weighted by molar-refractivity contribution is 0.252. The fraction of sp³-hybridized carbons (Fsp3) is 0.769. The molecule has 0 amide bonds. The monoisotopic (exact) mass is 386 g/mol. The number of rotatable bonds is 14. The first-order valence-corrected chi connectivity index (χ1v) is 12.2. The molecule has 2 heteroatoms. The van der Waals surface area contributed by atoms with E-state index in [1.807, 2.05) is 0 Å². The Kier molecular flexibility index (Phi) is 11.9. The summed E-state index contributed by atoms with van der Waals surface area (Å²) >= 11 is 0. The Hall–Kier alpha value is -0.860. The smallest absolute Gasteiger partial charge is 0.0233 e. The van der Waals surface area contributed by atoms with Crippen LogP contribution in [0.1, 0.15) is 108 Å². The van der Waals surface area contributed by atoms with Crippen molar-refractivity contribution in [1.82, 2.24) is 10.2 Å². The van der Waals surface area contributed by atoms with Crippen molar-refractivity contribution in [3.63, 3.8) is 0 Å². The van der Waals surface area contributed by atoms with Crippen LogP contribution in [0.5, 0.6) is 0 Å². The van der Waals surface area contributed by atoms with Gasteiger partial charge in [0.05, 0.1) is 0 Å². The van der Waals surface area contributed by atoms with Crippen LogP contribution in [0.25, 0.3) is 0 Å². The van der Waals surface area contributed by atoms with Crippen LogP contribution in [0, 0.1) is 0 Å². The Labute approximate surface area is 175 Å². The van der Waals surface area contributed by atoms with E-state index in [2.05, 4.69) is 55.4 Å². The zero-order chi connectivity index (χ0) is 20.0. The molecule has 1 aromatic rings. The van der Waals surface area contributed by atoms with Crippen LogP contribution in [-0.2, 0) is 6.54 Å². The Morgan fingerprint density at radius 1 is 0.786 bits per heavy atom. The summed E-state index contributed by atoms with van der Waals surface area (Å²) in [6, 6.07) is 10.4. The highest BCUT2D eigenvalue weighted by Gasteiger charge is 2.21. The molecule has 0 spiro atoms. The molecule has 0 radical (unpaired) electrons. The van der Waals surface area contributed by atoms with Gasteiger partial charge >= 0.3 is 0 Å². The van der Waals surface area contributed by atoms with Crippen molar-refractivity contribution in [2.45, 2.75) is 109 Å². The molecule has 1 N–H and O–H groups in total. The number of nitrogens with zero attached hydrogens (tertiary/aromatic N) is 1. The number of nitrogens with one attached hydrogen (secondary N) is 1. The van der Waals surface area contributed by atoms with Gasteiger partial charge in [0, 0.05) is 12.6 Å². The predicted octanol–water partition coefficient (Wildman–Crippen LogP) is 6.89. The largest absolute Gasteiger partial charge is 0.317 e. The highest BCUT2D eigenvalue weighted by molar-refractivity contribution is 5.26. The lowest BCUT2D eigenvalue weighted by Crippen LogP contribution is -2.29. The van der Waals surface area contributed by atoms with Crippen molar-refractivity contribution in [2.24, 2.45) is 0 Å². The Morgan fingerprint density at radius 3 is 1.86 bits per heavy atom. The molecular formula is C26H46N2. The molecule has 160 valence electrons. The molecule has 1 aliphatic carbocycles. The van der Waals surface area contributed by atoms with Crippen LogP contribution in [0.3, 0.4) is 0 Å². The molecule has 0 saturated heterocycles. The fourth-order valence-electron chi connectivity index (χ4n) is 4.66. The number of hydrogen-bond donors (Lipinski definition) is 1. The zero-order valence-electron chi connectivity index (χ0n) is 19.0. The summed E-state index contributed by atoms with van der Waals surface area (Å²) in [5.41, 5.74) is 3.06. The second kappa shape index (κ2) is 14.2. The van der Waals surface area contributed by atoms with E-state index in [9.17, 15) is 0 Å². The first-order chi connectivity index (χ1) is 13.8. The average Bonchev–Trinajstić information content (AvgIpc) is 2.74. The number of hydrogen-bond acceptors (Lipinski definition) is 2. The van der Waals surface area contributed by atoms with Gasteiger partial charge < -0.3 is 5.32 Å². The number of benzene rings is 1. The van der Waals surface area contributed by atoms with Crippen LogP contribution >= 0.6 is 0 Å². The van der Waals surface area contributed by atoms with Crippen LogP contribution in [0.4, 0.5) is 0 Å². The Morgan fingerprint density at radius 2 is 1.36 bits per heavy atom. The maximum absolute atomic E-state index is 3.45. The molecule has 0 atom stereocenters. The maximum atomic E-state index is 3.45. The lowest BCUT2D eigenvalue weighted by atomic mass is 9.81. The van der Waals surface area contributed by atoms with E-state index in [0.717, 1.165) is 18.5 Å². The lowest BCUT2D eigenvalue weighted by Gasteiger charge is -2.28. The normalized spacial score (nSPS) is 20.0. The molecule has 0 unspecified atom stereocenters. The molecule has 1 aromatic carbocycles. The van der Waals surface area contributed by atoms with Gasteiger partial charge in [-0.1, -0.05) is 76.6 Å². The minimum Gasteiger partial charge on any atom is -0.317 e.